The van der Waals surface area contributed by atoms with E-state index in [1.165, 1.54) is 0 Å². The number of carboxylic acids is 1. The summed E-state index contributed by atoms with van der Waals surface area (Å²) >= 11 is 1.63. The zero-order valence-electron chi connectivity index (χ0n) is 10.9. The van der Waals surface area contributed by atoms with Crippen LogP contribution in [0.25, 0.3) is 0 Å². The Morgan fingerprint density at radius 2 is 2.21 bits per heavy atom. The van der Waals surface area contributed by atoms with Gasteiger partial charge in [0, 0.05) is 24.0 Å². The normalized spacial score (nSPS) is 10.4. The summed E-state index contributed by atoms with van der Waals surface area (Å²) in [6.45, 7) is 4.55. The van der Waals surface area contributed by atoms with Crippen LogP contribution in [-0.4, -0.2) is 22.6 Å². The number of nitrogens with one attached hydrogen (secondary N) is 1. The molecule has 19 heavy (non-hydrogen) atoms. The van der Waals surface area contributed by atoms with Crippen molar-refractivity contribution in [1.82, 2.24) is 4.98 Å². The van der Waals surface area contributed by atoms with Crippen molar-refractivity contribution in [3.05, 3.63) is 45.4 Å². The molecule has 100 valence electrons. The third-order valence-electron chi connectivity index (χ3n) is 2.81. The summed E-state index contributed by atoms with van der Waals surface area (Å²) in [5.74, 6) is -0.906. The largest absolute Gasteiger partial charge is 0.478 e. The number of hydrogen-bond acceptors (Lipinski definition) is 4. The number of para-hydroxylation sites is 1. The van der Waals surface area contributed by atoms with Crippen LogP contribution >= 0.6 is 11.3 Å². The molecule has 1 aromatic carbocycles. The number of aryl methyl sites for hydroxylation is 2. The van der Waals surface area contributed by atoms with Crippen LogP contribution in [0.15, 0.2) is 23.6 Å². The van der Waals surface area contributed by atoms with Crippen molar-refractivity contribution in [3.8, 4) is 0 Å². The topological polar surface area (TPSA) is 62.2 Å². The van der Waals surface area contributed by atoms with Crippen molar-refractivity contribution in [2.75, 3.05) is 11.9 Å². The molecule has 0 amide bonds. The van der Waals surface area contributed by atoms with Gasteiger partial charge in [0.15, 0.2) is 0 Å². The summed E-state index contributed by atoms with van der Waals surface area (Å²) in [4.78, 5) is 15.5. The van der Waals surface area contributed by atoms with E-state index in [2.05, 4.69) is 10.3 Å². The van der Waals surface area contributed by atoms with E-state index >= 15 is 0 Å². The van der Waals surface area contributed by atoms with Crippen LogP contribution in [0.3, 0.4) is 0 Å². The van der Waals surface area contributed by atoms with E-state index in [0.29, 0.717) is 17.8 Å². The van der Waals surface area contributed by atoms with E-state index in [9.17, 15) is 4.79 Å². The number of hydrogen-bond donors (Lipinski definition) is 2. The van der Waals surface area contributed by atoms with Gasteiger partial charge in [0.1, 0.15) is 0 Å². The smallest absolute Gasteiger partial charge is 0.337 e. The van der Waals surface area contributed by atoms with Gasteiger partial charge in [-0.15, -0.1) is 11.3 Å². The molecule has 0 spiro atoms. The molecule has 0 fully saturated rings. The lowest BCUT2D eigenvalue weighted by Gasteiger charge is -2.11. The molecule has 2 aromatic rings. The zero-order valence-corrected chi connectivity index (χ0v) is 11.8. The molecule has 0 aliphatic rings. The summed E-state index contributed by atoms with van der Waals surface area (Å²) in [6, 6.07) is 5.28. The monoisotopic (exact) mass is 276 g/mol. The Hall–Kier alpha value is -1.88. The second-order valence-electron chi connectivity index (χ2n) is 4.36. The molecular weight excluding hydrogens is 260 g/mol. The maximum Gasteiger partial charge on any atom is 0.337 e. The van der Waals surface area contributed by atoms with Gasteiger partial charge in [-0.1, -0.05) is 12.1 Å². The maximum atomic E-state index is 11.2. The highest BCUT2D eigenvalue weighted by Crippen LogP contribution is 2.20. The average molecular weight is 276 g/mol. The van der Waals surface area contributed by atoms with Gasteiger partial charge in [0.25, 0.3) is 0 Å². The molecule has 2 N–H and O–H groups in total. The molecule has 0 radical (unpaired) electrons. The molecule has 4 nitrogen and oxygen atoms in total. The molecular formula is C14H16N2O2S. The van der Waals surface area contributed by atoms with Crippen LogP contribution < -0.4 is 5.32 Å². The Morgan fingerprint density at radius 3 is 2.84 bits per heavy atom. The molecule has 0 saturated carbocycles. The van der Waals surface area contributed by atoms with Crippen molar-refractivity contribution >= 4 is 23.0 Å². The number of rotatable bonds is 5. The van der Waals surface area contributed by atoms with Crippen molar-refractivity contribution in [3.63, 3.8) is 0 Å². The number of nitrogens with zero attached hydrogens (tertiary/aromatic N) is 1. The van der Waals surface area contributed by atoms with E-state index in [1.807, 2.05) is 25.3 Å². The van der Waals surface area contributed by atoms with E-state index in [1.54, 1.807) is 23.5 Å². The molecule has 0 aliphatic carbocycles. The van der Waals surface area contributed by atoms with Crippen LogP contribution in [0, 0.1) is 13.8 Å². The van der Waals surface area contributed by atoms with Gasteiger partial charge in [-0.3, -0.25) is 0 Å². The minimum absolute atomic E-state index is 0.315. The van der Waals surface area contributed by atoms with Gasteiger partial charge in [-0.25, -0.2) is 9.78 Å². The zero-order chi connectivity index (χ0) is 13.8. The number of aromatic carboxylic acids is 1. The number of carbonyl (C=O) groups is 1. The van der Waals surface area contributed by atoms with E-state index in [4.69, 9.17) is 5.11 Å². The summed E-state index contributed by atoms with van der Waals surface area (Å²) in [5.41, 5.74) is 2.98. The highest BCUT2D eigenvalue weighted by atomic mass is 32.1. The van der Waals surface area contributed by atoms with Crippen LogP contribution in [0.1, 0.15) is 26.6 Å². The molecule has 1 aromatic heterocycles. The Bertz CT molecular complexity index is 593. The number of carboxylic acid groups (broad SMARTS) is 1. The molecule has 5 heteroatoms. The first-order chi connectivity index (χ1) is 9.08. The molecule has 0 bridgehead atoms. The highest BCUT2D eigenvalue weighted by molar-refractivity contribution is 7.09. The van der Waals surface area contributed by atoms with Gasteiger partial charge in [-0.2, -0.15) is 0 Å². The van der Waals surface area contributed by atoms with Gasteiger partial charge in [0.05, 0.1) is 16.3 Å². The second-order valence-corrected chi connectivity index (χ2v) is 5.30. The number of benzene rings is 1. The van der Waals surface area contributed by atoms with Crippen molar-refractivity contribution in [2.24, 2.45) is 0 Å². The lowest BCUT2D eigenvalue weighted by atomic mass is 10.1. The predicted octanol–water partition coefficient (Wildman–Crippen LogP) is 3.11. The summed E-state index contributed by atoms with van der Waals surface area (Å²) < 4.78 is 0. The third-order valence-corrected chi connectivity index (χ3v) is 3.84. The molecule has 0 aliphatic heterocycles. The van der Waals surface area contributed by atoms with Crippen LogP contribution in [-0.2, 0) is 6.42 Å². The van der Waals surface area contributed by atoms with E-state index < -0.39 is 5.97 Å². The Labute approximate surface area is 116 Å². The second kappa shape index (κ2) is 5.84. The van der Waals surface area contributed by atoms with Crippen molar-refractivity contribution in [1.29, 1.82) is 0 Å². The minimum Gasteiger partial charge on any atom is -0.478 e. The summed E-state index contributed by atoms with van der Waals surface area (Å²) in [6.07, 6.45) is 0.798. The van der Waals surface area contributed by atoms with Crippen LogP contribution in [0.4, 0.5) is 5.69 Å². The van der Waals surface area contributed by atoms with Gasteiger partial charge >= 0.3 is 5.97 Å². The average Bonchev–Trinajstić information content (AvgIpc) is 2.77. The Kier molecular flexibility index (Phi) is 4.16. The standard InChI is InChI=1S/C14H16N2O2S/c1-9-4-3-5-11(14(17)18)13(9)15-7-6-12-16-10(2)8-19-12/h3-5,8,15H,6-7H2,1-2H3,(H,17,18). The number of anilines is 1. The van der Waals surface area contributed by atoms with Crippen LogP contribution in [0.2, 0.25) is 0 Å². The quantitative estimate of drug-likeness (QED) is 0.880. The number of aromatic nitrogens is 1. The van der Waals surface area contributed by atoms with E-state index in [-0.39, 0.29) is 0 Å². The fraction of sp³-hybridized carbons (Fsp3) is 0.286. The molecule has 0 atom stereocenters. The van der Waals surface area contributed by atoms with Crippen molar-refractivity contribution in [2.45, 2.75) is 20.3 Å². The first kappa shape index (κ1) is 13.5. The lowest BCUT2D eigenvalue weighted by Crippen LogP contribution is -2.10. The van der Waals surface area contributed by atoms with Crippen molar-refractivity contribution < 1.29 is 9.90 Å². The summed E-state index contributed by atoms with van der Waals surface area (Å²) in [7, 11) is 0. The number of thiazole rings is 1. The minimum atomic E-state index is -0.906. The fourth-order valence-corrected chi connectivity index (χ4v) is 2.67. The molecule has 0 unspecified atom stereocenters. The third kappa shape index (κ3) is 3.32. The maximum absolute atomic E-state index is 11.2. The predicted molar refractivity (Wildman–Crippen MR) is 77.2 cm³/mol. The first-order valence-electron chi connectivity index (χ1n) is 6.05. The van der Waals surface area contributed by atoms with Gasteiger partial charge in [-0.05, 0) is 25.5 Å². The van der Waals surface area contributed by atoms with Gasteiger partial charge < -0.3 is 10.4 Å². The lowest BCUT2D eigenvalue weighted by molar-refractivity contribution is 0.0698. The fourth-order valence-electron chi connectivity index (χ4n) is 1.89. The van der Waals surface area contributed by atoms with Gasteiger partial charge in [0.2, 0.25) is 0 Å². The first-order valence-corrected chi connectivity index (χ1v) is 6.93. The molecule has 2 rings (SSSR count). The Balaban J connectivity index is 2.05. The molecule has 0 saturated heterocycles. The SMILES string of the molecule is Cc1csc(CCNc2c(C)cccc2C(=O)O)n1. The van der Waals surface area contributed by atoms with E-state index in [0.717, 1.165) is 22.7 Å². The van der Waals surface area contributed by atoms with Crippen LogP contribution in [0.5, 0.6) is 0 Å². The summed E-state index contributed by atoms with van der Waals surface area (Å²) in [5, 5.41) is 15.5. The Morgan fingerprint density at radius 1 is 1.42 bits per heavy atom. The molecule has 1 heterocycles. The highest BCUT2D eigenvalue weighted by Gasteiger charge is 2.11.